The molecule has 1 heterocycles. The van der Waals surface area contributed by atoms with Crippen molar-refractivity contribution < 1.29 is 9.53 Å². The molecule has 0 aliphatic carbocycles. The maximum Gasteiger partial charge on any atom is 0.303 e. The smallest absolute Gasteiger partial charge is 0.303 e. The number of carbonyl (C=O) groups is 1. The van der Waals surface area contributed by atoms with Crippen LogP contribution < -0.4 is 0 Å². The maximum absolute atomic E-state index is 10.7. The van der Waals surface area contributed by atoms with E-state index in [4.69, 9.17) is 4.74 Å². The van der Waals surface area contributed by atoms with Crippen molar-refractivity contribution in [2.75, 3.05) is 0 Å². The van der Waals surface area contributed by atoms with Crippen molar-refractivity contribution in [3.8, 4) is 11.8 Å². The third kappa shape index (κ3) is 4.43. The highest BCUT2D eigenvalue weighted by Gasteiger charge is 2.04. The Kier molecular flexibility index (Phi) is 4.81. The number of aromatic nitrogens is 1. The number of rotatable bonds is 3. The molecule has 1 unspecified atom stereocenters. The van der Waals surface area contributed by atoms with Crippen LogP contribution in [0.3, 0.4) is 0 Å². The number of hydrogen-bond donors (Lipinski definition) is 0. The number of hydrogen-bond acceptors (Lipinski definition) is 3. The highest BCUT2D eigenvalue weighted by molar-refractivity contribution is 5.66. The van der Waals surface area contributed by atoms with Crippen LogP contribution in [-0.4, -0.2) is 17.1 Å². The standard InChI is InChI=1S/C13H13NO2/c1-3-13(16-11(2)15)6-4-5-12-7-9-14-10-8-12/h3,7-10,13H,1,6H2,2H3. The lowest BCUT2D eigenvalue weighted by Crippen LogP contribution is -2.12. The van der Waals surface area contributed by atoms with Crippen molar-refractivity contribution in [3.05, 3.63) is 42.7 Å². The zero-order chi connectivity index (χ0) is 11.8. The third-order valence-corrected chi connectivity index (χ3v) is 1.80. The summed E-state index contributed by atoms with van der Waals surface area (Å²) in [4.78, 5) is 14.6. The molecule has 3 heteroatoms. The molecule has 16 heavy (non-hydrogen) atoms. The summed E-state index contributed by atoms with van der Waals surface area (Å²) in [5, 5.41) is 0. The second kappa shape index (κ2) is 6.41. The first-order valence-corrected chi connectivity index (χ1v) is 4.91. The van der Waals surface area contributed by atoms with Crippen LogP contribution in [0.15, 0.2) is 37.2 Å². The number of esters is 1. The molecular weight excluding hydrogens is 202 g/mol. The van der Waals surface area contributed by atoms with Gasteiger partial charge in [0, 0.05) is 24.9 Å². The van der Waals surface area contributed by atoms with E-state index in [0.29, 0.717) is 6.42 Å². The van der Waals surface area contributed by atoms with E-state index in [0.717, 1.165) is 5.56 Å². The fraction of sp³-hybridized carbons (Fsp3) is 0.231. The van der Waals surface area contributed by atoms with Gasteiger partial charge in [-0.25, -0.2) is 0 Å². The normalized spacial score (nSPS) is 10.8. The molecule has 0 radical (unpaired) electrons. The zero-order valence-electron chi connectivity index (χ0n) is 9.14. The van der Waals surface area contributed by atoms with Gasteiger partial charge in [-0.3, -0.25) is 9.78 Å². The van der Waals surface area contributed by atoms with Gasteiger partial charge in [-0.15, -0.1) is 0 Å². The molecule has 1 aromatic heterocycles. The van der Waals surface area contributed by atoms with Gasteiger partial charge in [0.2, 0.25) is 0 Å². The molecule has 3 nitrogen and oxygen atoms in total. The van der Waals surface area contributed by atoms with Gasteiger partial charge in [-0.1, -0.05) is 24.5 Å². The Labute approximate surface area is 95.2 Å². The van der Waals surface area contributed by atoms with E-state index < -0.39 is 0 Å². The summed E-state index contributed by atoms with van der Waals surface area (Å²) in [6.45, 7) is 4.95. The molecule has 0 bridgehead atoms. The largest absolute Gasteiger partial charge is 0.457 e. The molecule has 0 spiro atoms. The number of ether oxygens (including phenoxy) is 1. The van der Waals surface area contributed by atoms with Crippen molar-refractivity contribution in [2.45, 2.75) is 19.4 Å². The van der Waals surface area contributed by atoms with Crippen LogP contribution in [0.5, 0.6) is 0 Å². The van der Waals surface area contributed by atoms with Gasteiger partial charge in [-0.2, -0.15) is 0 Å². The van der Waals surface area contributed by atoms with E-state index in [1.165, 1.54) is 6.92 Å². The molecule has 0 saturated heterocycles. The third-order valence-electron chi connectivity index (χ3n) is 1.80. The number of pyridine rings is 1. The first-order chi connectivity index (χ1) is 7.72. The van der Waals surface area contributed by atoms with Crippen LogP contribution >= 0.6 is 0 Å². The van der Waals surface area contributed by atoms with Gasteiger partial charge < -0.3 is 4.74 Å². The molecule has 1 atom stereocenters. The molecular formula is C13H13NO2. The molecule has 0 aliphatic heterocycles. The summed E-state index contributed by atoms with van der Waals surface area (Å²) in [6, 6.07) is 3.64. The van der Waals surface area contributed by atoms with Crippen molar-refractivity contribution in [1.29, 1.82) is 0 Å². The molecule has 0 aromatic carbocycles. The van der Waals surface area contributed by atoms with Gasteiger partial charge in [0.25, 0.3) is 0 Å². The predicted molar refractivity (Wildman–Crippen MR) is 61.5 cm³/mol. The number of nitrogens with zero attached hydrogens (tertiary/aromatic N) is 1. The van der Waals surface area contributed by atoms with Gasteiger partial charge in [0.1, 0.15) is 6.10 Å². The van der Waals surface area contributed by atoms with Gasteiger partial charge in [0.15, 0.2) is 0 Å². The Morgan fingerprint density at radius 1 is 1.62 bits per heavy atom. The van der Waals surface area contributed by atoms with Crippen LogP contribution in [0, 0.1) is 11.8 Å². The zero-order valence-corrected chi connectivity index (χ0v) is 9.14. The first kappa shape index (κ1) is 12.0. The van der Waals surface area contributed by atoms with Crippen LogP contribution in [0.4, 0.5) is 0 Å². The quantitative estimate of drug-likeness (QED) is 0.439. The highest BCUT2D eigenvalue weighted by Crippen LogP contribution is 2.00. The van der Waals surface area contributed by atoms with Crippen molar-refractivity contribution >= 4 is 5.97 Å². The molecule has 0 fully saturated rings. The molecule has 82 valence electrons. The fourth-order valence-corrected chi connectivity index (χ4v) is 1.08. The minimum Gasteiger partial charge on any atom is -0.457 e. The minimum absolute atomic E-state index is 0.324. The van der Waals surface area contributed by atoms with Crippen LogP contribution in [0.1, 0.15) is 18.9 Å². The Morgan fingerprint density at radius 3 is 2.88 bits per heavy atom. The summed E-state index contributed by atoms with van der Waals surface area (Å²) in [6.07, 6.45) is 5.04. The monoisotopic (exact) mass is 215 g/mol. The Hall–Kier alpha value is -2.08. The van der Waals surface area contributed by atoms with Gasteiger partial charge in [-0.05, 0) is 12.1 Å². The van der Waals surface area contributed by atoms with E-state index in [-0.39, 0.29) is 12.1 Å². The maximum atomic E-state index is 10.7. The summed E-state index contributed by atoms with van der Waals surface area (Å²) in [5.74, 6) is 5.56. The van der Waals surface area contributed by atoms with E-state index in [2.05, 4.69) is 23.4 Å². The Balaban J connectivity index is 2.53. The molecule has 1 rings (SSSR count). The Morgan fingerprint density at radius 2 is 2.31 bits per heavy atom. The lowest BCUT2D eigenvalue weighted by atomic mass is 10.2. The van der Waals surface area contributed by atoms with Gasteiger partial charge in [0.05, 0.1) is 6.42 Å². The second-order valence-electron chi connectivity index (χ2n) is 3.13. The topological polar surface area (TPSA) is 39.2 Å². The van der Waals surface area contributed by atoms with Crippen LogP contribution in [-0.2, 0) is 9.53 Å². The van der Waals surface area contributed by atoms with Crippen LogP contribution in [0.25, 0.3) is 0 Å². The molecule has 0 amide bonds. The van der Waals surface area contributed by atoms with E-state index in [9.17, 15) is 4.79 Å². The van der Waals surface area contributed by atoms with Crippen molar-refractivity contribution in [1.82, 2.24) is 4.98 Å². The van der Waals surface area contributed by atoms with E-state index >= 15 is 0 Å². The van der Waals surface area contributed by atoms with E-state index in [1.54, 1.807) is 18.5 Å². The summed E-state index contributed by atoms with van der Waals surface area (Å²) < 4.78 is 4.97. The average Bonchev–Trinajstić information content (AvgIpc) is 2.28. The predicted octanol–water partition coefficient (Wildman–Crippen LogP) is 1.94. The summed E-state index contributed by atoms with van der Waals surface area (Å²) in [7, 11) is 0. The van der Waals surface area contributed by atoms with E-state index in [1.807, 2.05) is 12.1 Å². The first-order valence-electron chi connectivity index (χ1n) is 4.91. The summed E-state index contributed by atoms with van der Waals surface area (Å²) in [5.41, 5.74) is 0.889. The van der Waals surface area contributed by atoms with Crippen molar-refractivity contribution in [2.24, 2.45) is 0 Å². The molecule has 0 saturated carbocycles. The highest BCUT2D eigenvalue weighted by atomic mass is 16.5. The molecule has 1 aromatic rings. The molecule has 0 aliphatic rings. The summed E-state index contributed by atoms with van der Waals surface area (Å²) >= 11 is 0. The Bertz CT molecular complexity index is 415. The van der Waals surface area contributed by atoms with Crippen molar-refractivity contribution in [3.63, 3.8) is 0 Å². The van der Waals surface area contributed by atoms with Gasteiger partial charge >= 0.3 is 5.97 Å². The minimum atomic E-state index is -0.341. The SMILES string of the molecule is C=CC(CC#Cc1ccncc1)OC(C)=O. The number of carbonyl (C=O) groups excluding carboxylic acids is 1. The molecule has 0 N–H and O–H groups in total. The lowest BCUT2D eigenvalue weighted by molar-refractivity contribution is -0.143. The average molecular weight is 215 g/mol. The fourth-order valence-electron chi connectivity index (χ4n) is 1.08. The second-order valence-corrected chi connectivity index (χ2v) is 3.13. The lowest BCUT2D eigenvalue weighted by Gasteiger charge is -2.08. The van der Waals surface area contributed by atoms with Crippen LogP contribution in [0.2, 0.25) is 0 Å².